The minimum atomic E-state index is -0.0476. The molecule has 2 aliphatic rings. The monoisotopic (exact) mass is 386 g/mol. The van der Waals surface area contributed by atoms with Crippen LogP contribution in [0.1, 0.15) is 17.0 Å². The second kappa shape index (κ2) is 7.60. The topological polar surface area (TPSA) is 53.0 Å². The first-order chi connectivity index (χ1) is 13.2. The van der Waals surface area contributed by atoms with Gasteiger partial charge in [0.2, 0.25) is 0 Å². The number of anilines is 1. The lowest BCUT2D eigenvalue weighted by molar-refractivity contribution is -0.123. The smallest absolute Gasteiger partial charge is 0.253 e. The highest BCUT2D eigenvalue weighted by molar-refractivity contribution is 6.31. The Bertz CT molecular complexity index is 844. The molecule has 27 heavy (non-hydrogen) atoms. The standard InChI is InChI=1S/C21H23ClN2O3/c1-27-13-20(26)24-11-18-21(15-7-3-5-9-17(15)24)19(12-25)23(18)10-14-6-2-4-8-16(14)22/h2-9,18-19,21,25H,10-13H2,1H3/t18-,19+,21+/m0/s1. The van der Waals surface area contributed by atoms with Crippen LogP contribution in [0.25, 0.3) is 0 Å². The van der Waals surface area contributed by atoms with Crippen LogP contribution in [0.15, 0.2) is 48.5 Å². The molecule has 3 atom stereocenters. The van der Waals surface area contributed by atoms with Crippen molar-refractivity contribution < 1.29 is 14.6 Å². The van der Waals surface area contributed by atoms with Crippen LogP contribution in [-0.2, 0) is 16.1 Å². The maximum Gasteiger partial charge on any atom is 0.253 e. The molecule has 1 saturated heterocycles. The minimum Gasteiger partial charge on any atom is -0.395 e. The SMILES string of the molecule is COCC(=O)N1C[C@H]2[C@@H](c3ccccc31)[C@@H](CO)N2Cc1ccccc1Cl. The zero-order valence-corrected chi connectivity index (χ0v) is 16.0. The summed E-state index contributed by atoms with van der Waals surface area (Å²) in [6.07, 6.45) is 0. The van der Waals surface area contributed by atoms with Crippen molar-refractivity contribution in [3.05, 3.63) is 64.7 Å². The third kappa shape index (κ3) is 3.15. The molecule has 0 aliphatic carbocycles. The van der Waals surface area contributed by atoms with Crippen LogP contribution >= 0.6 is 11.6 Å². The third-order valence-corrected chi connectivity index (χ3v) is 6.07. The molecule has 1 fully saturated rings. The lowest BCUT2D eigenvalue weighted by Gasteiger charge is -2.59. The van der Waals surface area contributed by atoms with Gasteiger partial charge in [0.1, 0.15) is 6.61 Å². The Kier molecular flexibility index (Phi) is 5.19. The Hall–Kier alpha value is -1.92. The summed E-state index contributed by atoms with van der Waals surface area (Å²) in [7, 11) is 1.53. The first-order valence-electron chi connectivity index (χ1n) is 9.14. The number of aliphatic hydroxyl groups excluding tert-OH is 1. The van der Waals surface area contributed by atoms with Crippen molar-refractivity contribution in [1.29, 1.82) is 0 Å². The van der Waals surface area contributed by atoms with Gasteiger partial charge in [-0.15, -0.1) is 0 Å². The van der Waals surface area contributed by atoms with Crippen LogP contribution in [0.3, 0.4) is 0 Å². The Balaban J connectivity index is 1.66. The molecule has 142 valence electrons. The van der Waals surface area contributed by atoms with Crippen LogP contribution in [0, 0.1) is 0 Å². The van der Waals surface area contributed by atoms with E-state index < -0.39 is 0 Å². The average molecular weight is 387 g/mol. The largest absolute Gasteiger partial charge is 0.395 e. The highest BCUT2D eigenvalue weighted by atomic mass is 35.5. The van der Waals surface area contributed by atoms with Gasteiger partial charge < -0.3 is 14.7 Å². The van der Waals surface area contributed by atoms with Gasteiger partial charge in [-0.05, 0) is 23.3 Å². The number of amides is 1. The number of likely N-dealkylation sites (tertiary alicyclic amines) is 1. The van der Waals surface area contributed by atoms with Crippen molar-refractivity contribution >= 4 is 23.2 Å². The van der Waals surface area contributed by atoms with Crippen LogP contribution in [-0.4, -0.2) is 54.9 Å². The van der Waals surface area contributed by atoms with E-state index >= 15 is 0 Å². The van der Waals surface area contributed by atoms with Crippen molar-refractivity contribution in [1.82, 2.24) is 4.90 Å². The average Bonchev–Trinajstić information content (AvgIpc) is 2.67. The number of fused-ring (bicyclic) bond motifs is 3. The summed E-state index contributed by atoms with van der Waals surface area (Å²) < 4.78 is 5.07. The fourth-order valence-electron chi connectivity index (χ4n) is 4.46. The van der Waals surface area contributed by atoms with Gasteiger partial charge in [0.05, 0.1) is 6.61 Å². The Morgan fingerprint density at radius 3 is 2.70 bits per heavy atom. The summed E-state index contributed by atoms with van der Waals surface area (Å²) >= 11 is 6.35. The zero-order chi connectivity index (χ0) is 19.0. The second-order valence-corrected chi connectivity index (χ2v) is 7.51. The van der Waals surface area contributed by atoms with Crippen LogP contribution in [0.4, 0.5) is 5.69 Å². The summed E-state index contributed by atoms with van der Waals surface area (Å²) in [5, 5.41) is 10.8. The first-order valence-corrected chi connectivity index (χ1v) is 9.51. The van der Waals surface area contributed by atoms with E-state index in [0.717, 1.165) is 21.8 Å². The molecule has 1 N–H and O–H groups in total. The maximum atomic E-state index is 12.6. The van der Waals surface area contributed by atoms with Crippen LogP contribution < -0.4 is 4.90 Å². The van der Waals surface area contributed by atoms with Crippen LogP contribution in [0.5, 0.6) is 0 Å². The highest BCUT2D eigenvalue weighted by Gasteiger charge is 2.53. The molecule has 0 radical (unpaired) electrons. The Morgan fingerprint density at radius 2 is 1.96 bits per heavy atom. The Labute approximate surface area is 164 Å². The quantitative estimate of drug-likeness (QED) is 0.858. The number of ether oxygens (including phenoxy) is 1. The van der Waals surface area contributed by atoms with Crippen molar-refractivity contribution in [2.45, 2.75) is 24.5 Å². The van der Waals surface area contributed by atoms with Crippen molar-refractivity contribution in [2.24, 2.45) is 0 Å². The second-order valence-electron chi connectivity index (χ2n) is 7.10. The highest BCUT2D eigenvalue weighted by Crippen LogP contribution is 2.48. The number of carbonyl (C=O) groups is 1. The number of nitrogens with zero attached hydrogens (tertiary/aromatic N) is 2. The van der Waals surface area contributed by atoms with Gasteiger partial charge in [-0.3, -0.25) is 9.69 Å². The maximum absolute atomic E-state index is 12.6. The van der Waals surface area contributed by atoms with Gasteiger partial charge in [-0.2, -0.15) is 0 Å². The Morgan fingerprint density at radius 1 is 1.22 bits per heavy atom. The summed E-state index contributed by atoms with van der Waals surface area (Å²) in [5.41, 5.74) is 3.08. The van der Waals surface area contributed by atoms with Gasteiger partial charge in [-0.25, -0.2) is 0 Å². The van der Waals surface area contributed by atoms with Crippen molar-refractivity contribution in [3.8, 4) is 0 Å². The molecule has 2 aromatic rings. The number of para-hydroxylation sites is 1. The van der Waals surface area contributed by atoms with Gasteiger partial charge >= 0.3 is 0 Å². The number of benzene rings is 2. The number of carbonyl (C=O) groups excluding carboxylic acids is 1. The third-order valence-electron chi connectivity index (χ3n) is 5.70. The number of methoxy groups -OCH3 is 1. The summed E-state index contributed by atoms with van der Waals surface area (Å²) in [6, 6.07) is 15.9. The normalized spacial score (nSPS) is 24.1. The van der Waals surface area contributed by atoms with E-state index in [2.05, 4.69) is 11.0 Å². The van der Waals surface area contributed by atoms with E-state index in [1.54, 1.807) is 0 Å². The number of halogens is 1. The molecule has 0 spiro atoms. The van der Waals surface area contributed by atoms with E-state index in [-0.39, 0.29) is 37.1 Å². The number of aliphatic hydroxyl groups is 1. The fourth-order valence-corrected chi connectivity index (χ4v) is 4.66. The first kappa shape index (κ1) is 18.4. The molecule has 2 aromatic carbocycles. The number of hydrogen-bond acceptors (Lipinski definition) is 4. The molecule has 0 unspecified atom stereocenters. The van der Waals surface area contributed by atoms with E-state index in [0.29, 0.717) is 13.1 Å². The minimum absolute atomic E-state index is 0.0205. The molecule has 0 saturated carbocycles. The summed E-state index contributed by atoms with van der Waals surface area (Å²) in [5.74, 6) is 0.161. The predicted octanol–water partition coefficient (Wildman–Crippen LogP) is 2.66. The van der Waals surface area contributed by atoms with Crippen molar-refractivity contribution in [2.75, 3.05) is 31.8 Å². The molecule has 0 aromatic heterocycles. The molecule has 4 rings (SSSR count). The summed E-state index contributed by atoms with van der Waals surface area (Å²) in [6.45, 7) is 1.37. The molecule has 0 bridgehead atoms. The molecule has 2 heterocycles. The molecular formula is C21H23ClN2O3. The number of rotatable bonds is 5. The number of hydrogen-bond donors (Lipinski definition) is 1. The zero-order valence-electron chi connectivity index (χ0n) is 15.2. The van der Waals surface area contributed by atoms with Gasteiger partial charge in [0.25, 0.3) is 5.91 Å². The lowest BCUT2D eigenvalue weighted by Crippen LogP contribution is -2.68. The fraction of sp³-hybridized carbons (Fsp3) is 0.381. The van der Waals surface area contributed by atoms with Crippen molar-refractivity contribution in [3.63, 3.8) is 0 Å². The molecule has 1 amide bonds. The van der Waals surface area contributed by atoms with E-state index in [4.69, 9.17) is 16.3 Å². The predicted molar refractivity (Wildman–Crippen MR) is 105 cm³/mol. The van der Waals surface area contributed by atoms with Gasteiger partial charge in [0.15, 0.2) is 0 Å². The molecule has 5 nitrogen and oxygen atoms in total. The molecule has 2 aliphatic heterocycles. The van der Waals surface area contributed by atoms with Gasteiger partial charge in [-0.1, -0.05) is 48.0 Å². The molecular weight excluding hydrogens is 364 g/mol. The van der Waals surface area contributed by atoms with E-state index in [1.807, 2.05) is 47.4 Å². The summed E-state index contributed by atoms with van der Waals surface area (Å²) in [4.78, 5) is 16.7. The van der Waals surface area contributed by atoms with E-state index in [1.165, 1.54) is 7.11 Å². The van der Waals surface area contributed by atoms with Crippen LogP contribution in [0.2, 0.25) is 5.02 Å². The lowest BCUT2D eigenvalue weighted by atomic mass is 9.71. The molecule has 6 heteroatoms. The van der Waals surface area contributed by atoms with E-state index in [9.17, 15) is 9.90 Å². The van der Waals surface area contributed by atoms with Gasteiger partial charge in [0, 0.05) is 48.9 Å².